The van der Waals surface area contributed by atoms with Crippen LogP contribution in [0, 0.1) is 5.92 Å². The fourth-order valence-electron chi connectivity index (χ4n) is 3.42. The predicted octanol–water partition coefficient (Wildman–Crippen LogP) is 8.28. The molecule has 2 aromatic carbocycles. The van der Waals surface area contributed by atoms with Gasteiger partial charge in [0.2, 0.25) is 0 Å². The van der Waals surface area contributed by atoms with Crippen molar-refractivity contribution in [1.29, 1.82) is 0 Å². The van der Waals surface area contributed by atoms with Crippen LogP contribution in [0.1, 0.15) is 99.3 Å². The number of hydrogen-bond acceptors (Lipinski definition) is 5. The monoisotopic (exact) mass is 502 g/mol. The molecular weight excluding hydrogens is 464 g/mol. The van der Waals surface area contributed by atoms with Crippen LogP contribution in [0.3, 0.4) is 0 Å². The Balaban J connectivity index is 1.76. The van der Waals surface area contributed by atoms with Gasteiger partial charge in [-0.3, -0.25) is 0 Å². The Morgan fingerprint density at radius 1 is 0.829 bits per heavy atom. The number of benzene rings is 2. The molecular formula is C29H39ClO5. The molecule has 0 spiro atoms. The van der Waals surface area contributed by atoms with Gasteiger partial charge in [-0.2, -0.15) is 0 Å². The zero-order chi connectivity index (χ0) is 25.5. The second-order valence-corrected chi connectivity index (χ2v) is 9.40. The molecule has 2 rings (SSSR count). The third-order valence-corrected chi connectivity index (χ3v) is 6.24. The summed E-state index contributed by atoms with van der Waals surface area (Å²) in [4.78, 5) is 24.7. The van der Waals surface area contributed by atoms with E-state index < -0.39 is 11.9 Å². The third kappa shape index (κ3) is 10.7. The molecule has 0 N–H and O–H groups in total. The largest absolute Gasteiger partial charge is 0.494 e. The van der Waals surface area contributed by atoms with Crippen LogP contribution in [0.25, 0.3) is 0 Å². The van der Waals surface area contributed by atoms with E-state index in [1.165, 1.54) is 63.1 Å². The third-order valence-electron chi connectivity index (χ3n) is 5.92. The van der Waals surface area contributed by atoms with Crippen LogP contribution >= 0.6 is 11.6 Å². The summed E-state index contributed by atoms with van der Waals surface area (Å²) in [5.74, 6) is 0.264. The van der Waals surface area contributed by atoms with Gasteiger partial charge in [-0.25, -0.2) is 9.59 Å². The van der Waals surface area contributed by atoms with Crippen LogP contribution in [-0.2, 0) is 4.74 Å². The van der Waals surface area contributed by atoms with Crippen molar-refractivity contribution in [1.82, 2.24) is 0 Å². The normalized spacial score (nSPS) is 11.7. The molecule has 0 aromatic heterocycles. The summed E-state index contributed by atoms with van der Waals surface area (Å²) < 4.78 is 16.5. The van der Waals surface area contributed by atoms with Gasteiger partial charge in [0.1, 0.15) is 11.5 Å². The Bertz CT molecular complexity index is 910. The molecule has 0 aliphatic rings. The summed E-state index contributed by atoms with van der Waals surface area (Å²) in [5.41, 5.74) is 0.644. The standard InChI is InChI=1S/C29H39ClO5/c1-4-6-7-8-9-10-11-12-19-33-24-15-13-23(14-16-24)28(31)35-25-17-18-26(27(30)20-25)29(32)34-21-22(3)5-2/h13-18,20,22H,4-12,19,21H2,1-3H3/t22-/m0/s1. The molecule has 1 atom stereocenters. The first kappa shape index (κ1) is 28.7. The number of ether oxygens (including phenoxy) is 3. The Kier molecular flexibility index (Phi) is 13.3. The van der Waals surface area contributed by atoms with Crippen molar-refractivity contribution >= 4 is 23.5 Å². The molecule has 0 saturated carbocycles. The molecule has 0 amide bonds. The zero-order valence-electron chi connectivity index (χ0n) is 21.3. The molecule has 0 heterocycles. The predicted molar refractivity (Wildman–Crippen MR) is 141 cm³/mol. The van der Waals surface area contributed by atoms with E-state index in [0.717, 1.165) is 18.6 Å². The number of halogens is 1. The molecule has 0 unspecified atom stereocenters. The van der Waals surface area contributed by atoms with E-state index in [-0.39, 0.29) is 22.3 Å². The molecule has 5 nitrogen and oxygen atoms in total. The highest BCUT2D eigenvalue weighted by Gasteiger charge is 2.16. The van der Waals surface area contributed by atoms with Gasteiger partial charge in [-0.1, -0.05) is 83.7 Å². The summed E-state index contributed by atoms with van der Waals surface area (Å²) in [6, 6.07) is 11.4. The maximum atomic E-state index is 12.5. The number of hydrogen-bond donors (Lipinski definition) is 0. The first-order valence-electron chi connectivity index (χ1n) is 12.9. The minimum absolute atomic E-state index is 0.175. The van der Waals surface area contributed by atoms with Gasteiger partial charge in [0.25, 0.3) is 0 Å². The Hall–Kier alpha value is -2.53. The van der Waals surface area contributed by atoms with Crippen molar-refractivity contribution < 1.29 is 23.8 Å². The molecule has 0 bridgehead atoms. The number of carbonyl (C=O) groups is 2. The van der Waals surface area contributed by atoms with Gasteiger partial charge in [-0.15, -0.1) is 0 Å². The fraction of sp³-hybridized carbons (Fsp3) is 0.517. The van der Waals surface area contributed by atoms with Crippen LogP contribution in [0.4, 0.5) is 0 Å². The van der Waals surface area contributed by atoms with E-state index in [1.807, 2.05) is 13.8 Å². The number of rotatable bonds is 16. The Labute approximate surface area is 215 Å². The van der Waals surface area contributed by atoms with Crippen LogP contribution < -0.4 is 9.47 Å². The highest BCUT2D eigenvalue weighted by atomic mass is 35.5. The highest BCUT2D eigenvalue weighted by molar-refractivity contribution is 6.33. The molecule has 0 radical (unpaired) electrons. The zero-order valence-corrected chi connectivity index (χ0v) is 22.1. The van der Waals surface area contributed by atoms with Crippen molar-refractivity contribution in [3.8, 4) is 11.5 Å². The van der Waals surface area contributed by atoms with E-state index in [1.54, 1.807) is 24.3 Å². The van der Waals surface area contributed by atoms with E-state index in [2.05, 4.69) is 6.92 Å². The van der Waals surface area contributed by atoms with Crippen molar-refractivity contribution in [3.63, 3.8) is 0 Å². The lowest BCUT2D eigenvalue weighted by Crippen LogP contribution is -2.12. The maximum Gasteiger partial charge on any atom is 0.343 e. The van der Waals surface area contributed by atoms with E-state index in [0.29, 0.717) is 18.8 Å². The first-order chi connectivity index (χ1) is 16.9. The Morgan fingerprint density at radius 2 is 1.46 bits per heavy atom. The maximum absolute atomic E-state index is 12.5. The summed E-state index contributed by atoms with van der Waals surface area (Å²) >= 11 is 6.22. The van der Waals surface area contributed by atoms with Crippen molar-refractivity contribution in [2.24, 2.45) is 5.92 Å². The molecule has 0 aliphatic carbocycles. The van der Waals surface area contributed by atoms with Crippen LogP contribution in [0.15, 0.2) is 42.5 Å². The summed E-state index contributed by atoms with van der Waals surface area (Å²) in [6.45, 7) is 7.28. The van der Waals surface area contributed by atoms with E-state index in [9.17, 15) is 9.59 Å². The molecule has 0 saturated heterocycles. The first-order valence-corrected chi connectivity index (χ1v) is 13.2. The second-order valence-electron chi connectivity index (χ2n) is 8.99. The topological polar surface area (TPSA) is 61.8 Å². The van der Waals surface area contributed by atoms with E-state index >= 15 is 0 Å². The van der Waals surface area contributed by atoms with Crippen molar-refractivity contribution in [2.75, 3.05) is 13.2 Å². The van der Waals surface area contributed by atoms with Gasteiger partial charge in [0, 0.05) is 6.07 Å². The SMILES string of the molecule is CCCCCCCCCCOc1ccc(C(=O)Oc2ccc(C(=O)OC[C@@H](C)CC)c(Cl)c2)cc1. The lowest BCUT2D eigenvalue weighted by molar-refractivity contribution is 0.0447. The smallest absolute Gasteiger partial charge is 0.343 e. The minimum atomic E-state index is -0.511. The number of carbonyl (C=O) groups excluding carboxylic acids is 2. The van der Waals surface area contributed by atoms with Crippen LogP contribution in [0.2, 0.25) is 5.02 Å². The molecule has 2 aromatic rings. The van der Waals surface area contributed by atoms with Crippen molar-refractivity contribution in [2.45, 2.75) is 78.6 Å². The second kappa shape index (κ2) is 16.2. The van der Waals surface area contributed by atoms with Gasteiger partial charge in [0.05, 0.1) is 29.4 Å². The summed E-state index contributed by atoms with van der Waals surface area (Å²) in [7, 11) is 0. The molecule has 0 fully saturated rings. The Morgan fingerprint density at radius 3 is 2.09 bits per heavy atom. The quantitative estimate of drug-likeness (QED) is 0.131. The molecule has 192 valence electrons. The van der Waals surface area contributed by atoms with Gasteiger partial charge >= 0.3 is 11.9 Å². The van der Waals surface area contributed by atoms with E-state index in [4.69, 9.17) is 25.8 Å². The molecule has 6 heteroatoms. The highest BCUT2D eigenvalue weighted by Crippen LogP contribution is 2.25. The molecule has 0 aliphatic heterocycles. The van der Waals surface area contributed by atoms with Gasteiger partial charge in [0.15, 0.2) is 0 Å². The average Bonchev–Trinajstić information content (AvgIpc) is 2.86. The van der Waals surface area contributed by atoms with Crippen LogP contribution in [-0.4, -0.2) is 25.2 Å². The summed E-state index contributed by atoms with van der Waals surface area (Å²) in [5, 5.41) is 0.175. The number of esters is 2. The lowest BCUT2D eigenvalue weighted by atomic mass is 10.1. The summed E-state index contributed by atoms with van der Waals surface area (Å²) in [6.07, 6.45) is 11.0. The molecule has 35 heavy (non-hydrogen) atoms. The average molecular weight is 503 g/mol. The lowest BCUT2D eigenvalue weighted by Gasteiger charge is -2.11. The van der Waals surface area contributed by atoms with Gasteiger partial charge < -0.3 is 14.2 Å². The fourth-order valence-corrected chi connectivity index (χ4v) is 3.67. The van der Waals surface area contributed by atoms with Gasteiger partial charge in [-0.05, 0) is 48.7 Å². The minimum Gasteiger partial charge on any atom is -0.494 e. The van der Waals surface area contributed by atoms with Crippen LogP contribution in [0.5, 0.6) is 11.5 Å². The van der Waals surface area contributed by atoms with Crippen molar-refractivity contribution in [3.05, 3.63) is 58.6 Å². The number of unbranched alkanes of at least 4 members (excludes halogenated alkanes) is 7.